The van der Waals surface area contributed by atoms with Crippen LogP contribution in [0.15, 0.2) is 42.6 Å². The van der Waals surface area contributed by atoms with E-state index in [2.05, 4.69) is 4.98 Å². The van der Waals surface area contributed by atoms with E-state index in [1.165, 1.54) is 0 Å². The molecule has 2 aromatic rings. The molecule has 0 aliphatic carbocycles. The molecule has 0 unspecified atom stereocenters. The van der Waals surface area contributed by atoms with Gasteiger partial charge in [0.05, 0.1) is 19.8 Å². The van der Waals surface area contributed by atoms with E-state index in [0.29, 0.717) is 31.8 Å². The van der Waals surface area contributed by atoms with Gasteiger partial charge in [0, 0.05) is 29.4 Å². The fourth-order valence-electron chi connectivity index (χ4n) is 2.44. The third kappa shape index (κ3) is 3.75. The lowest BCUT2D eigenvalue weighted by atomic mass is 10.1. The molecule has 0 saturated carbocycles. The number of rotatable bonds is 6. The van der Waals surface area contributed by atoms with Gasteiger partial charge in [0.15, 0.2) is 5.79 Å². The molecule has 0 radical (unpaired) electrons. The highest BCUT2D eigenvalue weighted by Crippen LogP contribution is 2.30. The number of hydrogen-bond donors (Lipinski definition) is 0. The minimum absolute atomic E-state index is 0.525. The molecule has 1 aromatic heterocycles. The molecule has 1 aliphatic heterocycles. The summed E-state index contributed by atoms with van der Waals surface area (Å²) in [5, 5.41) is 0. The Bertz CT molecular complexity index is 646. The lowest BCUT2D eigenvalue weighted by Crippen LogP contribution is -2.22. The number of aldehydes is 1. The van der Waals surface area contributed by atoms with E-state index in [4.69, 9.17) is 14.2 Å². The summed E-state index contributed by atoms with van der Waals surface area (Å²) in [7, 11) is 0. The number of hydrogen-bond acceptors (Lipinski definition) is 5. The molecular weight excluding hydrogens is 294 g/mol. The molecule has 5 nitrogen and oxygen atoms in total. The summed E-state index contributed by atoms with van der Waals surface area (Å²) in [5.41, 5.74) is 2.50. The molecule has 0 atom stereocenters. The largest absolute Gasteiger partial charge is 0.493 e. The second-order valence-corrected chi connectivity index (χ2v) is 5.47. The summed E-state index contributed by atoms with van der Waals surface area (Å²) in [6.07, 6.45) is 3.31. The highest BCUT2D eigenvalue weighted by molar-refractivity contribution is 5.74. The first-order valence-electron chi connectivity index (χ1n) is 7.61. The zero-order valence-corrected chi connectivity index (χ0v) is 13.0. The standard InChI is InChI=1S/C18H19NO4/c1-18(22-10-11-23-18)15-4-5-16(19-12-15)8-9-21-17-6-2-14(13-20)3-7-17/h2-7,12-13H,8-11H2,1H3. The third-order valence-electron chi connectivity index (χ3n) is 3.83. The van der Waals surface area contributed by atoms with Crippen LogP contribution in [0.25, 0.3) is 0 Å². The fraction of sp³-hybridized carbons (Fsp3) is 0.333. The number of carbonyl (C=O) groups excluding carboxylic acids is 1. The molecule has 0 bridgehead atoms. The normalized spacial score (nSPS) is 16.2. The summed E-state index contributed by atoms with van der Waals surface area (Å²) < 4.78 is 16.9. The van der Waals surface area contributed by atoms with Crippen LogP contribution in [-0.4, -0.2) is 31.1 Å². The molecule has 3 rings (SSSR count). The van der Waals surface area contributed by atoms with Gasteiger partial charge in [-0.05, 0) is 37.3 Å². The minimum atomic E-state index is -0.678. The van der Waals surface area contributed by atoms with Crippen LogP contribution in [0.4, 0.5) is 0 Å². The third-order valence-corrected chi connectivity index (χ3v) is 3.83. The molecule has 1 aromatic carbocycles. The predicted molar refractivity (Wildman–Crippen MR) is 84.5 cm³/mol. The van der Waals surface area contributed by atoms with E-state index < -0.39 is 5.79 Å². The van der Waals surface area contributed by atoms with E-state index >= 15 is 0 Å². The van der Waals surface area contributed by atoms with E-state index in [-0.39, 0.29) is 0 Å². The van der Waals surface area contributed by atoms with Crippen LogP contribution in [0.5, 0.6) is 5.75 Å². The van der Waals surface area contributed by atoms with Crippen LogP contribution in [0.3, 0.4) is 0 Å². The Morgan fingerprint density at radius 2 is 1.91 bits per heavy atom. The first-order valence-corrected chi connectivity index (χ1v) is 7.61. The Kier molecular flexibility index (Phi) is 4.69. The van der Waals surface area contributed by atoms with E-state index in [1.807, 2.05) is 19.1 Å². The number of ether oxygens (including phenoxy) is 3. The van der Waals surface area contributed by atoms with Gasteiger partial charge in [0.2, 0.25) is 0 Å². The summed E-state index contributed by atoms with van der Waals surface area (Å²) in [6, 6.07) is 11.0. The summed E-state index contributed by atoms with van der Waals surface area (Å²) in [4.78, 5) is 15.0. The molecule has 1 saturated heterocycles. The Hall–Kier alpha value is -2.24. The molecule has 1 aliphatic rings. The van der Waals surface area contributed by atoms with Crippen molar-refractivity contribution < 1.29 is 19.0 Å². The van der Waals surface area contributed by atoms with Gasteiger partial charge in [-0.25, -0.2) is 0 Å². The first-order chi connectivity index (χ1) is 11.2. The van der Waals surface area contributed by atoms with Gasteiger partial charge >= 0.3 is 0 Å². The number of benzene rings is 1. The Morgan fingerprint density at radius 3 is 2.52 bits per heavy atom. The highest BCUT2D eigenvalue weighted by Gasteiger charge is 2.33. The van der Waals surface area contributed by atoms with Crippen molar-refractivity contribution in [3.8, 4) is 5.75 Å². The lowest BCUT2D eigenvalue weighted by molar-refractivity contribution is -0.149. The second kappa shape index (κ2) is 6.89. The van der Waals surface area contributed by atoms with Crippen molar-refractivity contribution in [2.45, 2.75) is 19.1 Å². The van der Waals surface area contributed by atoms with E-state index in [9.17, 15) is 4.79 Å². The average Bonchev–Trinajstić information content (AvgIpc) is 3.04. The summed E-state index contributed by atoms with van der Waals surface area (Å²) in [6.45, 7) is 3.64. The van der Waals surface area contributed by atoms with Crippen LogP contribution < -0.4 is 4.74 Å². The van der Waals surface area contributed by atoms with Gasteiger partial charge < -0.3 is 14.2 Å². The molecule has 1 fully saturated rings. The van der Waals surface area contributed by atoms with E-state index in [1.54, 1.807) is 30.5 Å². The van der Waals surface area contributed by atoms with Gasteiger partial charge in [-0.2, -0.15) is 0 Å². The van der Waals surface area contributed by atoms with Crippen molar-refractivity contribution in [2.24, 2.45) is 0 Å². The number of pyridine rings is 1. The molecule has 0 amide bonds. The van der Waals surface area contributed by atoms with Crippen LogP contribution in [0.2, 0.25) is 0 Å². The summed E-state index contributed by atoms with van der Waals surface area (Å²) in [5.74, 6) is 0.0648. The van der Waals surface area contributed by atoms with Crippen molar-refractivity contribution in [2.75, 3.05) is 19.8 Å². The maximum Gasteiger partial charge on any atom is 0.193 e. The fourth-order valence-corrected chi connectivity index (χ4v) is 2.44. The lowest BCUT2D eigenvalue weighted by Gasteiger charge is -2.22. The Balaban J connectivity index is 1.53. The summed E-state index contributed by atoms with van der Waals surface area (Å²) >= 11 is 0. The van der Waals surface area contributed by atoms with Gasteiger partial charge in [-0.3, -0.25) is 9.78 Å². The number of aromatic nitrogens is 1. The topological polar surface area (TPSA) is 57.7 Å². The van der Waals surface area contributed by atoms with Crippen LogP contribution in [0.1, 0.15) is 28.5 Å². The smallest absolute Gasteiger partial charge is 0.193 e. The van der Waals surface area contributed by atoms with Gasteiger partial charge in [-0.1, -0.05) is 6.07 Å². The maximum atomic E-state index is 10.6. The van der Waals surface area contributed by atoms with Crippen molar-refractivity contribution >= 4 is 6.29 Å². The first kappa shape index (κ1) is 15.6. The predicted octanol–water partition coefficient (Wildman–Crippen LogP) is 2.74. The molecule has 0 N–H and O–H groups in total. The Labute approximate surface area is 135 Å². The SMILES string of the molecule is CC1(c2ccc(CCOc3ccc(C=O)cc3)nc2)OCCO1. The number of nitrogens with zero attached hydrogens (tertiary/aromatic N) is 1. The van der Waals surface area contributed by atoms with Crippen LogP contribution in [0, 0.1) is 0 Å². The molecule has 120 valence electrons. The molecule has 2 heterocycles. The van der Waals surface area contributed by atoms with Gasteiger partial charge in [-0.15, -0.1) is 0 Å². The zero-order valence-electron chi connectivity index (χ0n) is 13.0. The molecule has 0 spiro atoms. The monoisotopic (exact) mass is 313 g/mol. The van der Waals surface area contributed by atoms with Crippen molar-refractivity contribution in [1.82, 2.24) is 4.98 Å². The minimum Gasteiger partial charge on any atom is -0.493 e. The van der Waals surface area contributed by atoms with Crippen molar-refractivity contribution in [3.05, 3.63) is 59.4 Å². The molecule has 5 heteroatoms. The van der Waals surface area contributed by atoms with Crippen molar-refractivity contribution in [1.29, 1.82) is 0 Å². The molecular formula is C18H19NO4. The zero-order chi connectivity index (χ0) is 16.1. The quantitative estimate of drug-likeness (QED) is 0.768. The van der Waals surface area contributed by atoms with Gasteiger partial charge in [0.1, 0.15) is 12.0 Å². The number of carbonyl (C=O) groups is 1. The van der Waals surface area contributed by atoms with Crippen LogP contribution >= 0.6 is 0 Å². The molecule has 23 heavy (non-hydrogen) atoms. The second-order valence-electron chi connectivity index (χ2n) is 5.47. The van der Waals surface area contributed by atoms with Crippen LogP contribution in [-0.2, 0) is 21.7 Å². The van der Waals surface area contributed by atoms with Gasteiger partial charge in [0.25, 0.3) is 0 Å². The highest BCUT2D eigenvalue weighted by atomic mass is 16.7. The van der Waals surface area contributed by atoms with Crippen molar-refractivity contribution in [3.63, 3.8) is 0 Å². The average molecular weight is 313 g/mol. The maximum absolute atomic E-state index is 10.6. The van der Waals surface area contributed by atoms with E-state index in [0.717, 1.165) is 23.3 Å². The Morgan fingerprint density at radius 1 is 1.17 bits per heavy atom.